The van der Waals surface area contributed by atoms with Gasteiger partial charge in [-0.15, -0.1) is 0 Å². The fraction of sp³-hybridized carbons (Fsp3) is 0.923. The molecule has 174 valence electrons. The maximum Gasteiger partial charge on any atom is 0.100 e. The predicted molar refractivity (Wildman–Crippen MR) is 128 cm³/mol. The topological polar surface area (TPSA) is 44.5 Å². The molecule has 0 radical (unpaired) electrons. The Morgan fingerprint density at radius 1 is 0.690 bits per heavy atom. The molecule has 1 unspecified atom stereocenters. The average Bonchev–Trinajstić information content (AvgIpc) is 2.72. The van der Waals surface area contributed by atoms with Crippen LogP contribution in [-0.2, 0) is 9.47 Å². The van der Waals surface area contributed by atoms with Crippen LogP contribution >= 0.6 is 0 Å². The van der Waals surface area contributed by atoms with Crippen molar-refractivity contribution < 1.29 is 9.47 Å². The molecule has 2 N–H and O–H groups in total. The molecular weight excluding hydrogens is 358 g/mol. The van der Waals surface area contributed by atoms with Crippen molar-refractivity contribution in [2.75, 3.05) is 19.8 Å². The summed E-state index contributed by atoms with van der Waals surface area (Å²) < 4.78 is 11.9. The van der Waals surface area contributed by atoms with E-state index in [1.165, 1.54) is 89.9 Å². The first kappa shape index (κ1) is 28.5. The zero-order valence-electron chi connectivity index (χ0n) is 20.0. The fourth-order valence-corrected chi connectivity index (χ4v) is 3.67. The Kier molecular flexibility index (Phi) is 23.3. The minimum absolute atomic E-state index is 0.264. The van der Waals surface area contributed by atoms with Gasteiger partial charge in [-0.05, 0) is 32.2 Å². The third-order valence-corrected chi connectivity index (χ3v) is 5.60. The highest BCUT2D eigenvalue weighted by atomic mass is 16.5. The van der Waals surface area contributed by atoms with Crippen LogP contribution in [0.25, 0.3) is 0 Å². The molecule has 0 aromatic heterocycles. The summed E-state index contributed by atoms with van der Waals surface area (Å²) in [5.41, 5.74) is 5.53. The normalized spacial score (nSPS) is 12.2. The van der Waals surface area contributed by atoms with Crippen molar-refractivity contribution in [3.8, 4) is 0 Å². The van der Waals surface area contributed by atoms with Gasteiger partial charge >= 0.3 is 0 Å². The van der Waals surface area contributed by atoms with E-state index in [0.29, 0.717) is 6.54 Å². The molecule has 0 aliphatic heterocycles. The molecule has 0 fully saturated rings. The van der Waals surface area contributed by atoms with Gasteiger partial charge in [0.1, 0.15) is 6.10 Å². The van der Waals surface area contributed by atoms with Gasteiger partial charge in [0.2, 0.25) is 0 Å². The van der Waals surface area contributed by atoms with Gasteiger partial charge in [0.15, 0.2) is 0 Å². The van der Waals surface area contributed by atoms with E-state index in [2.05, 4.69) is 20.4 Å². The lowest BCUT2D eigenvalue weighted by Gasteiger charge is -2.21. The number of rotatable bonds is 24. The van der Waals surface area contributed by atoms with Gasteiger partial charge in [0, 0.05) is 19.4 Å². The van der Waals surface area contributed by atoms with Crippen molar-refractivity contribution in [3.05, 3.63) is 12.3 Å². The van der Waals surface area contributed by atoms with Crippen molar-refractivity contribution in [3.63, 3.8) is 0 Å². The van der Waals surface area contributed by atoms with E-state index in [-0.39, 0.29) is 6.10 Å². The van der Waals surface area contributed by atoms with Gasteiger partial charge in [-0.3, -0.25) is 0 Å². The molecular formula is C26H53NO2. The fourth-order valence-electron chi connectivity index (χ4n) is 3.67. The molecule has 0 aliphatic carbocycles. The Balaban J connectivity index is 3.88. The standard InChI is InChI=1S/C26H53NO2/c1-4-6-8-10-11-12-13-15-16-19-25(3)29-26(20-17-14-9-7-5-2)21-24-28-23-18-22-27/h26H,3-24,27H2,1-2H3. The van der Waals surface area contributed by atoms with Crippen LogP contribution in [0.3, 0.4) is 0 Å². The molecule has 0 saturated carbocycles. The number of hydrogen-bond acceptors (Lipinski definition) is 3. The molecule has 0 aromatic rings. The highest BCUT2D eigenvalue weighted by Gasteiger charge is 2.11. The quantitative estimate of drug-likeness (QED) is 0.129. The molecule has 29 heavy (non-hydrogen) atoms. The summed E-state index contributed by atoms with van der Waals surface area (Å²) in [6.07, 6.45) is 23.1. The Morgan fingerprint density at radius 2 is 1.24 bits per heavy atom. The second-order valence-electron chi connectivity index (χ2n) is 8.60. The van der Waals surface area contributed by atoms with Crippen molar-refractivity contribution in [2.45, 2.75) is 136 Å². The molecule has 0 saturated heterocycles. The minimum atomic E-state index is 0.264. The average molecular weight is 412 g/mol. The summed E-state index contributed by atoms with van der Waals surface area (Å²) in [6.45, 7) is 11.0. The number of nitrogens with two attached hydrogens (primary N) is 1. The summed E-state index contributed by atoms with van der Waals surface area (Å²) in [7, 11) is 0. The lowest BCUT2D eigenvalue weighted by atomic mass is 10.1. The minimum Gasteiger partial charge on any atom is -0.495 e. The van der Waals surface area contributed by atoms with Crippen LogP contribution < -0.4 is 5.73 Å². The first-order valence-electron chi connectivity index (χ1n) is 12.9. The van der Waals surface area contributed by atoms with Gasteiger partial charge < -0.3 is 15.2 Å². The number of ether oxygens (including phenoxy) is 2. The Hall–Kier alpha value is -0.540. The number of allylic oxidation sites excluding steroid dienone is 1. The maximum absolute atomic E-state index is 6.24. The van der Waals surface area contributed by atoms with Crippen LogP contribution in [0.2, 0.25) is 0 Å². The van der Waals surface area contributed by atoms with E-state index in [9.17, 15) is 0 Å². The van der Waals surface area contributed by atoms with Crippen LogP contribution in [0.1, 0.15) is 129 Å². The number of hydrogen-bond donors (Lipinski definition) is 1. The molecule has 0 bridgehead atoms. The molecule has 3 heteroatoms. The van der Waals surface area contributed by atoms with Gasteiger partial charge in [0.25, 0.3) is 0 Å². The molecule has 3 nitrogen and oxygen atoms in total. The van der Waals surface area contributed by atoms with Crippen molar-refractivity contribution >= 4 is 0 Å². The summed E-state index contributed by atoms with van der Waals surface area (Å²) in [4.78, 5) is 0. The monoisotopic (exact) mass is 411 g/mol. The molecule has 0 spiro atoms. The lowest BCUT2D eigenvalue weighted by molar-refractivity contribution is 0.0502. The smallest absolute Gasteiger partial charge is 0.100 e. The Bertz CT molecular complexity index is 319. The van der Waals surface area contributed by atoms with E-state index in [0.717, 1.165) is 44.7 Å². The third kappa shape index (κ3) is 22.0. The Morgan fingerprint density at radius 3 is 1.83 bits per heavy atom. The second kappa shape index (κ2) is 23.7. The summed E-state index contributed by atoms with van der Waals surface area (Å²) in [5, 5.41) is 0. The summed E-state index contributed by atoms with van der Waals surface area (Å²) >= 11 is 0. The van der Waals surface area contributed by atoms with Gasteiger partial charge in [-0.25, -0.2) is 0 Å². The Labute approximate surface area is 183 Å². The van der Waals surface area contributed by atoms with Crippen LogP contribution in [-0.4, -0.2) is 25.9 Å². The van der Waals surface area contributed by atoms with Crippen LogP contribution in [0.15, 0.2) is 12.3 Å². The highest BCUT2D eigenvalue weighted by molar-refractivity contribution is 4.84. The first-order valence-corrected chi connectivity index (χ1v) is 12.9. The van der Waals surface area contributed by atoms with E-state index in [1.807, 2.05) is 0 Å². The molecule has 0 heterocycles. The zero-order chi connectivity index (χ0) is 21.4. The molecule has 0 aliphatic rings. The van der Waals surface area contributed by atoms with Crippen molar-refractivity contribution in [2.24, 2.45) is 5.73 Å². The van der Waals surface area contributed by atoms with Crippen LogP contribution in [0.5, 0.6) is 0 Å². The zero-order valence-corrected chi connectivity index (χ0v) is 20.0. The van der Waals surface area contributed by atoms with Crippen LogP contribution in [0.4, 0.5) is 0 Å². The van der Waals surface area contributed by atoms with Crippen molar-refractivity contribution in [1.29, 1.82) is 0 Å². The molecule has 0 amide bonds. The van der Waals surface area contributed by atoms with Crippen molar-refractivity contribution in [1.82, 2.24) is 0 Å². The second-order valence-corrected chi connectivity index (χ2v) is 8.60. The first-order chi connectivity index (χ1) is 14.2. The van der Waals surface area contributed by atoms with E-state index < -0.39 is 0 Å². The maximum atomic E-state index is 6.24. The SMILES string of the molecule is C=C(CCCCCCCCCCC)OC(CCCCCCC)CCOCCCN. The summed E-state index contributed by atoms with van der Waals surface area (Å²) in [5.74, 6) is 0.980. The van der Waals surface area contributed by atoms with E-state index in [4.69, 9.17) is 15.2 Å². The van der Waals surface area contributed by atoms with E-state index in [1.54, 1.807) is 0 Å². The predicted octanol–water partition coefficient (Wildman–Crippen LogP) is 7.92. The third-order valence-electron chi connectivity index (χ3n) is 5.60. The highest BCUT2D eigenvalue weighted by Crippen LogP contribution is 2.19. The molecule has 1 atom stereocenters. The van der Waals surface area contributed by atoms with Crippen LogP contribution in [0, 0.1) is 0 Å². The molecule has 0 aromatic carbocycles. The summed E-state index contributed by atoms with van der Waals surface area (Å²) in [6, 6.07) is 0. The largest absolute Gasteiger partial charge is 0.495 e. The lowest BCUT2D eigenvalue weighted by Crippen LogP contribution is -2.16. The van der Waals surface area contributed by atoms with Gasteiger partial charge in [-0.2, -0.15) is 0 Å². The van der Waals surface area contributed by atoms with Gasteiger partial charge in [0.05, 0.1) is 12.4 Å². The number of unbranched alkanes of at least 4 members (excludes halogenated alkanes) is 12. The van der Waals surface area contributed by atoms with E-state index >= 15 is 0 Å². The van der Waals surface area contributed by atoms with Gasteiger partial charge in [-0.1, -0.05) is 97.5 Å². The molecule has 0 rings (SSSR count).